The van der Waals surface area contributed by atoms with E-state index in [1.165, 1.54) is 22.3 Å². The van der Waals surface area contributed by atoms with Crippen molar-refractivity contribution in [1.29, 1.82) is 0 Å². The summed E-state index contributed by atoms with van der Waals surface area (Å²) in [6.45, 7) is 10.7. The van der Waals surface area contributed by atoms with Crippen molar-refractivity contribution in [2.45, 2.75) is 47.0 Å². The average molecular weight is 271 g/mol. The lowest BCUT2D eigenvalue weighted by atomic mass is 9.87. The van der Waals surface area contributed by atoms with E-state index in [1.807, 2.05) is 6.92 Å². The highest BCUT2D eigenvalue weighted by Gasteiger charge is 2.13. The third-order valence-electron chi connectivity index (χ3n) is 3.17. The molecule has 0 aliphatic rings. The molecular formula is C15H20Cl2. The average Bonchev–Trinajstić information content (AvgIpc) is 2.15. The normalized spacial score (nSPS) is 12.4. The van der Waals surface area contributed by atoms with Crippen LogP contribution in [0.15, 0.2) is 22.2 Å². The fourth-order valence-corrected chi connectivity index (χ4v) is 2.76. The van der Waals surface area contributed by atoms with Crippen molar-refractivity contribution < 1.29 is 0 Å². The first-order chi connectivity index (χ1) is 7.82. The standard InChI is InChI=1S/C15H20Cl2/c1-9-6-10(2)14(11(3)7-9)12(4)8-13(5)15(16)17/h6-7,12H,8H2,1-5H3. The molecule has 0 saturated carbocycles. The molecule has 0 heterocycles. The molecule has 0 aliphatic heterocycles. The number of hydrogen-bond acceptors (Lipinski definition) is 0. The fraction of sp³-hybridized carbons (Fsp3) is 0.467. The minimum atomic E-state index is 0.402. The molecule has 0 N–H and O–H groups in total. The van der Waals surface area contributed by atoms with E-state index in [0.29, 0.717) is 10.4 Å². The fourth-order valence-electron chi connectivity index (χ4n) is 2.61. The molecule has 1 unspecified atom stereocenters. The molecule has 0 saturated heterocycles. The molecule has 0 fully saturated rings. The van der Waals surface area contributed by atoms with Crippen molar-refractivity contribution in [2.75, 3.05) is 0 Å². The van der Waals surface area contributed by atoms with Gasteiger partial charge in [-0.15, -0.1) is 0 Å². The zero-order valence-electron chi connectivity index (χ0n) is 11.2. The van der Waals surface area contributed by atoms with Gasteiger partial charge in [-0.05, 0) is 62.3 Å². The van der Waals surface area contributed by atoms with Gasteiger partial charge in [-0.1, -0.05) is 47.8 Å². The Labute approximate surface area is 115 Å². The summed E-state index contributed by atoms with van der Waals surface area (Å²) in [6, 6.07) is 4.47. The van der Waals surface area contributed by atoms with Crippen molar-refractivity contribution in [1.82, 2.24) is 0 Å². The number of allylic oxidation sites excluding steroid dienone is 1. The van der Waals surface area contributed by atoms with Crippen LogP contribution in [0.5, 0.6) is 0 Å². The van der Waals surface area contributed by atoms with Gasteiger partial charge in [0.1, 0.15) is 4.49 Å². The molecule has 0 spiro atoms. The van der Waals surface area contributed by atoms with Gasteiger partial charge in [0, 0.05) is 0 Å². The lowest BCUT2D eigenvalue weighted by Gasteiger charge is -2.19. The van der Waals surface area contributed by atoms with Crippen LogP contribution in [0.3, 0.4) is 0 Å². The summed E-state index contributed by atoms with van der Waals surface area (Å²) in [7, 11) is 0. The molecule has 0 aliphatic carbocycles. The van der Waals surface area contributed by atoms with E-state index in [1.54, 1.807) is 0 Å². The molecule has 0 aromatic heterocycles. The van der Waals surface area contributed by atoms with Crippen LogP contribution in [0.25, 0.3) is 0 Å². The summed E-state index contributed by atoms with van der Waals surface area (Å²) < 4.78 is 0.402. The second kappa shape index (κ2) is 5.93. The Morgan fingerprint density at radius 3 is 2.00 bits per heavy atom. The number of rotatable bonds is 3. The van der Waals surface area contributed by atoms with Crippen LogP contribution in [-0.2, 0) is 0 Å². The highest BCUT2D eigenvalue weighted by molar-refractivity contribution is 6.56. The Balaban J connectivity index is 3.05. The van der Waals surface area contributed by atoms with Crippen LogP contribution in [0.1, 0.15) is 48.4 Å². The predicted octanol–water partition coefficient (Wildman–Crippen LogP) is 5.81. The molecule has 0 nitrogen and oxygen atoms in total. The van der Waals surface area contributed by atoms with E-state index in [2.05, 4.69) is 39.8 Å². The summed E-state index contributed by atoms with van der Waals surface area (Å²) in [5.41, 5.74) is 6.50. The zero-order chi connectivity index (χ0) is 13.2. The van der Waals surface area contributed by atoms with Gasteiger partial charge in [-0.2, -0.15) is 0 Å². The third-order valence-corrected chi connectivity index (χ3v) is 3.81. The van der Waals surface area contributed by atoms with Crippen LogP contribution in [0, 0.1) is 20.8 Å². The molecule has 94 valence electrons. The summed E-state index contributed by atoms with van der Waals surface area (Å²) >= 11 is 11.6. The lowest BCUT2D eigenvalue weighted by molar-refractivity contribution is 0.739. The van der Waals surface area contributed by atoms with E-state index in [9.17, 15) is 0 Å². The van der Waals surface area contributed by atoms with E-state index >= 15 is 0 Å². The van der Waals surface area contributed by atoms with Crippen LogP contribution >= 0.6 is 23.2 Å². The first kappa shape index (κ1) is 14.6. The number of benzene rings is 1. The number of aryl methyl sites for hydroxylation is 3. The Hall–Kier alpha value is -0.460. The summed E-state index contributed by atoms with van der Waals surface area (Å²) in [5, 5.41) is 0. The van der Waals surface area contributed by atoms with Gasteiger partial charge in [0.15, 0.2) is 0 Å². The second-order valence-electron chi connectivity index (χ2n) is 4.96. The van der Waals surface area contributed by atoms with Crippen molar-refractivity contribution in [3.63, 3.8) is 0 Å². The van der Waals surface area contributed by atoms with Gasteiger partial charge in [-0.25, -0.2) is 0 Å². The maximum Gasteiger partial charge on any atom is 0.105 e. The highest BCUT2D eigenvalue weighted by atomic mass is 35.5. The highest BCUT2D eigenvalue weighted by Crippen LogP contribution is 2.31. The molecule has 0 bridgehead atoms. The van der Waals surface area contributed by atoms with Crippen molar-refractivity contribution in [3.05, 3.63) is 44.5 Å². The maximum atomic E-state index is 5.81. The number of halogens is 2. The molecule has 17 heavy (non-hydrogen) atoms. The van der Waals surface area contributed by atoms with Crippen LogP contribution in [-0.4, -0.2) is 0 Å². The van der Waals surface area contributed by atoms with E-state index < -0.39 is 0 Å². The van der Waals surface area contributed by atoms with E-state index in [4.69, 9.17) is 23.2 Å². The molecular weight excluding hydrogens is 251 g/mol. The summed E-state index contributed by atoms with van der Waals surface area (Å²) in [6.07, 6.45) is 0.910. The van der Waals surface area contributed by atoms with Gasteiger partial charge in [0.05, 0.1) is 0 Å². The van der Waals surface area contributed by atoms with Gasteiger partial charge < -0.3 is 0 Å². The van der Waals surface area contributed by atoms with Crippen molar-refractivity contribution in [3.8, 4) is 0 Å². The predicted molar refractivity (Wildman–Crippen MR) is 78.1 cm³/mol. The first-order valence-corrected chi connectivity index (χ1v) is 6.67. The smallest absolute Gasteiger partial charge is 0.0710 e. The largest absolute Gasteiger partial charge is 0.105 e. The van der Waals surface area contributed by atoms with Gasteiger partial charge in [0.2, 0.25) is 0 Å². The van der Waals surface area contributed by atoms with Gasteiger partial charge >= 0.3 is 0 Å². The second-order valence-corrected chi connectivity index (χ2v) is 5.91. The quantitative estimate of drug-likeness (QED) is 0.650. The third kappa shape index (κ3) is 3.76. The minimum Gasteiger partial charge on any atom is -0.0710 e. The van der Waals surface area contributed by atoms with Gasteiger partial charge in [-0.3, -0.25) is 0 Å². The maximum absolute atomic E-state index is 5.81. The molecule has 0 radical (unpaired) electrons. The molecule has 2 heteroatoms. The van der Waals surface area contributed by atoms with Crippen molar-refractivity contribution >= 4 is 23.2 Å². The Kier molecular flexibility index (Phi) is 5.09. The van der Waals surface area contributed by atoms with Crippen molar-refractivity contribution in [2.24, 2.45) is 0 Å². The van der Waals surface area contributed by atoms with E-state index in [-0.39, 0.29) is 0 Å². The molecule has 1 aromatic carbocycles. The molecule has 1 aromatic rings. The molecule has 0 amide bonds. The molecule has 1 atom stereocenters. The van der Waals surface area contributed by atoms with E-state index in [0.717, 1.165) is 12.0 Å². The lowest BCUT2D eigenvalue weighted by Crippen LogP contribution is -2.01. The Morgan fingerprint density at radius 2 is 1.59 bits per heavy atom. The summed E-state index contributed by atoms with van der Waals surface area (Å²) in [4.78, 5) is 0. The SMILES string of the molecule is CC(CC(C)c1c(C)cc(C)cc1C)=C(Cl)Cl. The monoisotopic (exact) mass is 270 g/mol. The Morgan fingerprint density at radius 1 is 1.12 bits per heavy atom. The Bertz CT molecular complexity index is 417. The minimum absolute atomic E-state index is 0.402. The topological polar surface area (TPSA) is 0 Å². The van der Waals surface area contributed by atoms with Crippen LogP contribution < -0.4 is 0 Å². The van der Waals surface area contributed by atoms with Gasteiger partial charge in [0.25, 0.3) is 0 Å². The first-order valence-electron chi connectivity index (χ1n) is 5.91. The van der Waals surface area contributed by atoms with Crippen LogP contribution in [0.2, 0.25) is 0 Å². The number of hydrogen-bond donors (Lipinski definition) is 0. The zero-order valence-corrected chi connectivity index (χ0v) is 12.7. The summed E-state index contributed by atoms with van der Waals surface area (Å²) in [5.74, 6) is 0.447. The molecule has 1 rings (SSSR count). The van der Waals surface area contributed by atoms with Crippen LogP contribution in [0.4, 0.5) is 0 Å².